The standard InChI is InChI=1S/C15H12N2O4/c1-20-15-6-5-13(8-14(15)17(18)19)21-10-12-4-2-3-11(7-12)9-16/h2-8H,10H2,1H3. The third kappa shape index (κ3) is 3.48. The van der Waals surface area contributed by atoms with Crippen molar-refractivity contribution in [2.45, 2.75) is 6.61 Å². The van der Waals surface area contributed by atoms with Crippen LogP contribution in [0.2, 0.25) is 0 Å². The second kappa shape index (κ2) is 6.39. The van der Waals surface area contributed by atoms with Crippen LogP contribution in [0, 0.1) is 21.4 Å². The molecule has 0 N–H and O–H groups in total. The van der Waals surface area contributed by atoms with Crippen LogP contribution in [0.3, 0.4) is 0 Å². The average Bonchev–Trinajstić information content (AvgIpc) is 2.52. The van der Waals surface area contributed by atoms with E-state index < -0.39 is 4.92 Å². The Morgan fingerprint density at radius 3 is 2.76 bits per heavy atom. The van der Waals surface area contributed by atoms with Crippen molar-refractivity contribution in [3.8, 4) is 17.6 Å². The predicted octanol–water partition coefficient (Wildman–Crippen LogP) is 3.05. The van der Waals surface area contributed by atoms with Gasteiger partial charge in [-0.25, -0.2) is 0 Å². The minimum absolute atomic E-state index is 0.152. The zero-order chi connectivity index (χ0) is 15.2. The molecule has 2 rings (SSSR count). The normalized spacial score (nSPS) is 9.71. The number of benzene rings is 2. The summed E-state index contributed by atoms with van der Waals surface area (Å²) in [5.41, 5.74) is 1.20. The fraction of sp³-hybridized carbons (Fsp3) is 0.133. The molecule has 6 heteroatoms. The number of ether oxygens (including phenoxy) is 2. The minimum atomic E-state index is -0.526. The second-order valence-electron chi connectivity index (χ2n) is 4.19. The van der Waals surface area contributed by atoms with Crippen LogP contribution in [-0.4, -0.2) is 12.0 Å². The molecule has 0 atom stereocenters. The van der Waals surface area contributed by atoms with Crippen molar-refractivity contribution in [3.05, 3.63) is 63.7 Å². The number of methoxy groups -OCH3 is 1. The number of nitriles is 1. The van der Waals surface area contributed by atoms with Gasteiger partial charge in [0.1, 0.15) is 12.4 Å². The van der Waals surface area contributed by atoms with Crippen molar-refractivity contribution in [3.63, 3.8) is 0 Å². The lowest BCUT2D eigenvalue weighted by atomic mass is 10.1. The van der Waals surface area contributed by atoms with Crippen LogP contribution in [-0.2, 0) is 6.61 Å². The van der Waals surface area contributed by atoms with Gasteiger partial charge in [-0.05, 0) is 29.8 Å². The topological polar surface area (TPSA) is 85.4 Å². The maximum absolute atomic E-state index is 10.9. The molecule has 0 aromatic heterocycles. The van der Waals surface area contributed by atoms with Crippen LogP contribution in [0.15, 0.2) is 42.5 Å². The smallest absolute Gasteiger partial charge is 0.314 e. The number of nitrogens with zero attached hydrogens (tertiary/aromatic N) is 2. The van der Waals surface area contributed by atoms with E-state index in [0.717, 1.165) is 5.56 Å². The Kier molecular flexibility index (Phi) is 4.36. The summed E-state index contributed by atoms with van der Waals surface area (Å²) >= 11 is 0. The fourth-order valence-corrected chi connectivity index (χ4v) is 1.80. The molecule has 0 heterocycles. The monoisotopic (exact) mass is 284 g/mol. The molecule has 0 fully saturated rings. The summed E-state index contributed by atoms with van der Waals surface area (Å²) < 4.78 is 10.4. The third-order valence-electron chi connectivity index (χ3n) is 2.81. The number of hydrogen-bond donors (Lipinski definition) is 0. The Hall–Kier alpha value is -3.07. The lowest BCUT2D eigenvalue weighted by Crippen LogP contribution is -1.98. The Balaban J connectivity index is 2.15. The average molecular weight is 284 g/mol. The van der Waals surface area contributed by atoms with Gasteiger partial charge in [0, 0.05) is 0 Å². The van der Waals surface area contributed by atoms with E-state index >= 15 is 0 Å². The number of hydrogen-bond acceptors (Lipinski definition) is 5. The highest BCUT2D eigenvalue weighted by Gasteiger charge is 2.15. The van der Waals surface area contributed by atoms with E-state index in [0.29, 0.717) is 11.3 Å². The Morgan fingerprint density at radius 2 is 2.10 bits per heavy atom. The highest BCUT2D eigenvalue weighted by molar-refractivity contribution is 5.50. The summed E-state index contributed by atoms with van der Waals surface area (Å²) in [7, 11) is 1.37. The molecule has 0 spiro atoms. The first kappa shape index (κ1) is 14.3. The zero-order valence-corrected chi connectivity index (χ0v) is 11.3. The number of nitro groups is 1. The Labute approximate surface area is 121 Å². The van der Waals surface area contributed by atoms with Gasteiger partial charge in [0.05, 0.1) is 29.7 Å². The SMILES string of the molecule is COc1ccc(OCc2cccc(C#N)c2)cc1[N+](=O)[O-]. The molecule has 6 nitrogen and oxygen atoms in total. The van der Waals surface area contributed by atoms with Gasteiger partial charge in [-0.3, -0.25) is 10.1 Å². The van der Waals surface area contributed by atoms with E-state index in [9.17, 15) is 10.1 Å². The predicted molar refractivity (Wildman–Crippen MR) is 75.1 cm³/mol. The van der Waals surface area contributed by atoms with Gasteiger partial charge in [0.15, 0.2) is 5.75 Å². The molecular formula is C15H12N2O4. The van der Waals surface area contributed by atoms with Gasteiger partial charge >= 0.3 is 5.69 Å². The van der Waals surface area contributed by atoms with Gasteiger partial charge < -0.3 is 9.47 Å². The quantitative estimate of drug-likeness (QED) is 0.622. The van der Waals surface area contributed by atoms with Crippen molar-refractivity contribution in [1.82, 2.24) is 0 Å². The summed E-state index contributed by atoms with van der Waals surface area (Å²) in [6.45, 7) is 0.221. The molecular weight excluding hydrogens is 272 g/mol. The van der Waals surface area contributed by atoms with Crippen molar-refractivity contribution >= 4 is 5.69 Å². The van der Waals surface area contributed by atoms with Crippen molar-refractivity contribution < 1.29 is 14.4 Å². The van der Waals surface area contributed by atoms with Gasteiger partial charge in [-0.15, -0.1) is 0 Å². The number of nitro benzene ring substituents is 1. The van der Waals surface area contributed by atoms with E-state index in [1.807, 2.05) is 12.1 Å². The van der Waals surface area contributed by atoms with E-state index in [2.05, 4.69) is 0 Å². The van der Waals surface area contributed by atoms with Gasteiger partial charge in [0.2, 0.25) is 0 Å². The van der Waals surface area contributed by atoms with E-state index in [-0.39, 0.29) is 18.0 Å². The minimum Gasteiger partial charge on any atom is -0.490 e. The first-order valence-electron chi connectivity index (χ1n) is 6.08. The molecule has 0 bridgehead atoms. The van der Waals surface area contributed by atoms with Crippen LogP contribution in [0.1, 0.15) is 11.1 Å². The van der Waals surface area contributed by atoms with E-state index in [4.69, 9.17) is 14.7 Å². The first-order chi connectivity index (χ1) is 10.1. The lowest BCUT2D eigenvalue weighted by molar-refractivity contribution is -0.385. The van der Waals surface area contributed by atoms with Gasteiger partial charge in [0.25, 0.3) is 0 Å². The van der Waals surface area contributed by atoms with Gasteiger partial charge in [-0.1, -0.05) is 12.1 Å². The second-order valence-corrected chi connectivity index (χ2v) is 4.19. The summed E-state index contributed by atoms with van der Waals surface area (Å²) in [4.78, 5) is 10.4. The molecule has 0 amide bonds. The van der Waals surface area contributed by atoms with Crippen LogP contribution >= 0.6 is 0 Å². The third-order valence-corrected chi connectivity index (χ3v) is 2.81. The molecule has 0 radical (unpaired) electrons. The molecule has 2 aromatic rings. The highest BCUT2D eigenvalue weighted by Crippen LogP contribution is 2.31. The highest BCUT2D eigenvalue weighted by atomic mass is 16.6. The van der Waals surface area contributed by atoms with Crippen LogP contribution in [0.4, 0.5) is 5.69 Å². The molecule has 21 heavy (non-hydrogen) atoms. The summed E-state index contributed by atoms with van der Waals surface area (Å²) in [6.07, 6.45) is 0. The number of rotatable bonds is 5. The maximum Gasteiger partial charge on any atom is 0.314 e. The van der Waals surface area contributed by atoms with E-state index in [1.165, 1.54) is 19.2 Å². The fourth-order valence-electron chi connectivity index (χ4n) is 1.80. The zero-order valence-electron chi connectivity index (χ0n) is 11.3. The Bertz CT molecular complexity index is 707. The molecule has 2 aromatic carbocycles. The molecule has 106 valence electrons. The maximum atomic E-state index is 10.9. The molecule has 0 unspecified atom stereocenters. The summed E-state index contributed by atoms with van der Waals surface area (Å²) in [5, 5.41) is 19.7. The molecule has 0 saturated carbocycles. The molecule has 0 aliphatic carbocycles. The molecule has 0 saturated heterocycles. The Morgan fingerprint density at radius 1 is 1.29 bits per heavy atom. The molecule has 0 aliphatic rings. The summed E-state index contributed by atoms with van der Waals surface area (Å²) in [5.74, 6) is 0.545. The van der Waals surface area contributed by atoms with Crippen molar-refractivity contribution in [2.75, 3.05) is 7.11 Å². The van der Waals surface area contributed by atoms with Crippen LogP contribution in [0.25, 0.3) is 0 Å². The lowest BCUT2D eigenvalue weighted by Gasteiger charge is -2.08. The van der Waals surface area contributed by atoms with Crippen LogP contribution in [0.5, 0.6) is 11.5 Å². The van der Waals surface area contributed by atoms with Crippen molar-refractivity contribution in [2.24, 2.45) is 0 Å². The molecule has 0 aliphatic heterocycles. The van der Waals surface area contributed by atoms with Gasteiger partial charge in [-0.2, -0.15) is 5.26 Å². The largest absolute Gasteiger partial charge is 0.490 e. The summed E-state index contributed by atoms with van der Waals surface area (Å²) in [6, 6.07) is 13.4. The van der Waals surface area contributed by atoms with Crippen molar-refractivity contribution in [1.29, 1.82) is 5.26 Å². The first-order valence-corrected chi connectivity index (χ1v) is 6.08. The van der Waals surface area contributed by atoms with E-state index in [1.54, 1.807) is 24.3 Å². The van der Waals surface area contributed by atoms with Crippen LogP contribution < -0.4 is 9.47 Å².